The molecule has 1 heterocycles. The van der Waals surface area contributed by atoms with E-state index in [-0.39, 0.29) is 17.6 Å². The number of fused-ring (bicyclic) bond motifs is 1. The maximum absolute atomic E-state index is 13.5. The molecule has 0 spiro atoms. The van der Waals surface area contributed by atoms with Gasteiger partial charge in [-0.2, -0.15) is 0 Å². The Balaban J connectivity index is 1.69. The van der Waals surface area contributed by atoms with Crippen LogP contribution >= 0.6 is 0 Å². The van der Waals surface area contributed by atoms with E-state index >= 15 is 0 Å². The smallest absolute Gasteiger partial charge is 0.238 e. The van der Waals surface area contributed by atoms with Crippen molar-refractivity contribution in [3.8, 4) is 11.5 Å². The van der Waals surface area contributed by atoms with Crippen molar-refractivity contribution in [3.05, 3.63) is 47.5 Å². The normalized spacial score (nSPS) is 17.5. The summed E-state index contributed by atoms with van der Waals surface area (Å²) >= 11 is 0. The first-order chi connectivity index (χ1) is 14.3. The van der Waals surface area contributed by atoms with Gasteiger partial charge in [0.05, 0.1) is 10.3 Å². The van der Waals surface area contributed by atoms with E-state index in [9.17, 15) is 13.2 Å². The minimum Gasteiger partial charge on any atom is -0.454 e. The molecule has 1 amide bonds. The molecule has 8 heteroatoms. The van der Waals surface area contributed by atoms with E-state index in [1.807, 2.05) is 25.1 Å². The zero-order valence-corrected chi connectivity index (χ0v) is 17.8. The average Bonchev–Trinajstić information content (AvgIpc) is 3.21. The van der Waals surface area contributed by atoms with Gasteiger partial charge < -0.3 is 14.8 Å². The summed E-state index contributed by atoms with van der Waals surface area (Å²) in [5.74, 6) is 1.18. The molecular weight excluding hydrogens is 404 g/mol. The molecule has 7 nitrogen and oxygen atoms in total. The van der Waals surface area contributed by atoms with E-state index in [0.29, 0.717) is 42.0 Å². The van der Waals surface area contributed by atoms with Crippen molar-refractivity contribution in [2.45, 2.75) is 55.8 Å². The number of carbonyl (C=O) groups is 1. The summed E-state index contributed by atoms with van der Waals surface area (Å²) < 4.78 is 34.9. The molecule has 0 atom stereocenters. The van der Waals surface area contributed by atoms with Gasteiger partial charge in [-0.05, 0) is 54.7 Å². The molecule has 2 aromatic rings. The second-order valence-corrected chi connectivity index (χ2v) is 9.42. The summed E-state index contributed by atoms with van der Waals surface area (Å²) in [7, 11) is -3.88. The number of nitrogens with one attached hydrogen (secondary N) is 1. The van der Waals surface area contributed by atoms with Gasteiger partial charge in [0, 0.05) is 5.69 Å². The van der Waals surface area contributed by atoms with Crippen molar-refractivity contribution in [1.82, 2.24) is 0 Å². The first kappa shape index (κ1) is 20.7. The summed E-state index contributed by atoms with van der Waals surface area (Å²) in [6, 6.07) is 10.5. The Morgan fingerprint density at radius 2 is 1.80 bits per heavy atom. The van der Waals surface area contributed by atoms with E-state index < -0.39 is 15.4 Å². The largest absolute Gasteiger partial charge is 0.454 e. The van der Waals surface area contributed by atoms with Crippen molar-refractivity contribution in [3.63, 3.8) is 0 Å². The number of amides is 1. The van der Waals surface area contributed by atoms with Gasteiger partial charge in [-0.25, -0.2) is 13.6 Å². The van der Waals surface area contributed by atoms with Crippen molar-refractivity contribution in [1.29, 1.82) is 0 Å². The van der Waals surface area contributed by atoms with E-state index in [1.165, 1.54) is 6.07 Å². The summed E-state index contributed by atoms with van der Waals surface area (Å²) in [5.41, 5.74) is 1.23. The maximum atomic E-state index is 13.5. The van der Waals surface area contributed by atoms with E-state index in [4.69, 9.17) is 14.6 Å². The van der Waals surface area contributed by atoms with Gasteiger partial charge >= 0.3 is 0 Å². The standard InChI is InChI=1S/C22H26N2O5S/c1-2-15-6-8-17(13-20(15)30(23,26)27)24-21(25)22(10-4-3-5-11-22)16-7-9-18-19(12-16)29-14-28-18/h6-9,12-13H,2-5,10-11,14H2,1H3,(H,24,25)(H2,23,26,27). The number of sulfonamides is 1. The number of primary sulfonamides is 1. The molecule has 2 aromatic carbocycles. The second kappa shape index (κ2) is 7.92. The lowest BCUT2D eigenvalue weighted by molar-refractivity contribution is -0.122. The van der Waals surface area contributed by atoms with Gasteiger partial charge in [-0.1, -0.05) is 38.3 Å². The van der Waals surface area contributed by atoms with Gasteiger partial charge in [0.25, 0.3) is 0 Å². The fraction of sp³-hybridized carbons (Fsp3) is 0.409. The summed E-state index contributed by atoms with van der Waals surface area (Å²) in [6.07, 6.45) is 4.93. The van der Waals surface area contributed by atoms with Crippen molar-refractivity contribution < 1.29 is 22.7 Å². The highest BCUT2D eigenvalue weighted by atomic mass is 32.2. The molecule has 3 N–H and O–H groups in total. The number of aryl methyl sites for hydroxylation is 1. The molecule has 1 aliphatic heterocycles. The first-order valence-electron chi connectivity index (χ1n) is 10.2. The van der Waals surface area contributed by atoms with E-state index in [1.54, 1.807) is 12.1 Å². The lowest BCUT2D eigenvalue weighted by Crippen LogP contribution is -2.42. The van der Waals surface area contributed by atoms with Crippen LogP contribution in [0.5, 0.6) is 11.5 Å². The van der Waals surface area contributed by atoms with Crippen LogP contribution in [0.3, 0.4) is 0 Å². The minimum absolute atomic E-state index is 0.0450. The van der Waals surface area contributed by atoms with Crippen LogP contribution in [0.1, 0.15) is 50.2 Å². The van der Waals surface area contributed by atoms with Crippen LogP contribution in [0.2, 0.25) is 0 Å². The molecule has 0 saturated heterocycles. The summed E-state index contributed by atoms with van der Waals surface area (Å²) in [5, 5.41) is 8.33. The topological polar surface area (TPSA) is 108 Å². The number of hydrogen-bond donors (Lipinski definition) is 2. The first-order valence-corrected chi connectivity index (χ1v) is 11.8. The highest BCUT2D eigenvalue weighted by Crippen LogP contribution is 2.44. The monoisotopic (exact) mass is 430 g/mol. The third kappa shape index (κ3) is 3.77. The van der Waals surface area contributed by atoms with Crippen molar-refractivity contribution in [2.75, 3.05) is 12.1 Å². The fourth-order valence-electron chi connectivity index (χ4n) is 4.44. The number of rotatable bonds is 5. The van der Waals surface area contributed by atoms with Crippen molar-refractivity contribution in [2.24, 2.45) is 5.14 Å². The molecule has 160 valence electrons. The molecule has 4 rings (SSSR count). The fourth-order valence-corrected chi connectivity index (χ4v) is 5.31. The van der Waals surface area contributed by atoms with Crippen LogP contribution in [0.25, 0.3) is 0 Å². The van der Waals surface area contributed by atoms with Gasteiger partial charge in [0.2, 0.25) is 22.7 Å². The molecular formula is C22H26N2O5S. The van der Waals surface area contributed by atoms with Gasteiger partial charge in [0.1, 0.15) is 0 Å². The molecule has 2 aliphatic rings. The van der Waals surface area contributed by atoms with Crippen LogP contribution < -0.4 is 19.9 Å². The zero-order valence-electron chi connectivity index (χ0n) is 16.9. The maximum Gasteiger partial charge on any atom is 0.238 e. The Bertz CT molecular complexity index is 1070. The molecule has 0 unspecified atom stereocenters. The van der Waals surface area contributed by atoms with Crippen LogP contribution in [0, 0.1) is 0 Å². The molecule has 0 bridgehead atoms. The number of hydrogen-bond acceptors (Lipinski definition) is 5. The molecule has 1 saturated carbocycles. The zero-order chi connectivity index (χ0) is 21.4. The Labute approximate surface area is 176 Å². The van der Waals surface area contributed by atoms with E-state index in [2.05, 4.69) is 5.32 Å². The van der Waals surface area contributed by atoms with Gasteiger partial charge in [-0.15, -0.1) is 0 Å². The predicted octanol–water partition coefficient (Wildman–Crippen LogP) is 3.47. The molecule has 1 aliphatic carbocycles. The summed E-state index contributed by atoms with van der Waals surface area (Å²) in [4.78, 5) is 13.6. The lowest BCUT2D eigenvalue weighted by Gasteiger charge is -2.36. The Morgan fingerprint density at radius 1 is 1.07 bits per heavy atom. The van der Waals surface area contributed by atoms with Crippen LogP contribution in [0.15, 0.2) is 41.3 Å². The molecule has 0 radical (unpaired) electrons. The van der Waals surface area contributed by atoms with Crippen molar-refractivity contribution >= 4 is 21.6 Å². The molecule has 30 heavy (non-hydrogen) atoms. The van der Waals surface area contributed by atoms with Crippen LogP contribution in [-0.2, 0) is 26.7 Å². The number of benzene rings is 2. The second-order valence-electron chi connectivity index (χ2n) is 7.89. The van der Waals surface area contributed by atoms with Gasteiger partial charge in [0.15, 0.2) is 11.5 Å². The number of nitrogens with two attached hydrogens (primary N) is 1. The van der Waals surface area contributed by atoms with Crippen LogP contribution in [0.4, 0.5) is 5.69 Å². The number of anilines is 1. The van der Waals surface area contributed by atoms with Crippen LogP contribution in [-0.4, -0.2) is 21.1 Å². The average molecular weight is 431 g/mol. The molecule has 1 fully saturated rings. The lowest BCUT2D eigenvalue weighted by atomic mass is 9.68. The summed E-state index contributed by atoms with van der Waals surface area (Å²) in [6.45, 7) is 2.04. The Hall–Kier alpha value is -2.58. The minimum atomic E-state index is -3.88. The Morgan fingerprint density at radius 3 is 2.50 bits per heavy atom. The number of ether oxygens (including phenoxy) is 2. The highest BCUT2D eigenvalue weighted by Gasteiger charge is 2.42. The predicted molar refractivity (Wildman–Crippen MR) is 113 cm³/mol. The quantitative estimate of drug-likeness (QED) is 0.755. The third-order valence-electron chi connectivity index (χ3n) is 6.08. The molecule has 0 aromatic heterocycles. The van der Waals surface area contributed by atoms with Gasteiger partial charge in [-0.3, -0.25) is 4.79 Å². The Kier molecular flexibility index (Phi) is 5.46. The number of carbonyl (C=O) groups excluding carboxylic acids is 1. The third-order valence-corrected chi connectivity index (χ3v) is 7.07. The highest BCUT2D eigenvalue weighted by molar-refractivity contribution is 7.89. The van der Waals surface area contributed by atoms with E-state index in [0.717, 1.165) is 24.8 Å². The SMILES string of the molecule is CCc1ccc(NC(=O)C2(c3ccc4c(c3)OCO4)CCCCC2)cc1S(N)(=O)=O.